The van der Waals surface area contributed by atoms with Gasteiger partial charge in [-0.25, -0.2) is 9.78 Å². The highest BCUT2D eigenvalue weighted by Crippen LogP contribution is 2.38. The quantitative estimate of drug-likeness (QED) is 0.475. The van der Waals surface area contributed by atoms with Crippen LogP contribution in [-0.4, -0.2) is 17.6 Å². The first kappa shape index (κ1) is 18.3. The highest BCUT2D eigenvalue weighted by Gasteiger charge is 2.40. The third-order valence-electron chi connectivity index (χ3n) is 2.61. The summed E-state index contributed by atoms with van der Waals surface area (Å²) in [6, 6.07) is 7.43. The van der Waals surface area contributed by atoms with Crippen LogP contribution >= 0.6 is 39.0 Å². The van der Waals surface area contributed by atoms with E-state index in [1.54, 1.807) is 0 Å². The summed E-state index contributed by atoms with van der Waals surface area (Å²) in [6.45, 7) is 1.55. The third kappa shape index (κ3) is 4.95. The molecule has 1 aromatic carbocycles. The lowest BCUT2D eigenvalue weighted by Gasteiger charge is -2.05. The molecule has 2 aromatic rings. The standard InChI is InChI=1S/C14H11BrF3NO2S2/c1-2-21-12(20)10-11(14(16,17)18)19-13(23-10)22-7-8-3-5-9(15)6-4-8/h3-6H,2,7H2,1H3. The fourth-order valence-corrected chi connectivity index (χ4v) is 3.89. The van der Waals surface area contributed by atoms with E-state index in [-0.39, 0.29) is 10.9 Å². The van der Waals surface area contributed by atoms with Gasteiger partial charge in [0.05, 0.1) is 6.61 Å². The monoisotopic (exact) mass is 425 g/mol. The average molecular weight is 426 g/mol. The number of thioether (sulfide) groups is 1. The summed E-state index contributed by atoms with van der Waals surface area (Å²) in [5.41, 5.74) is -0.237. The number of rotatable bonds is 5. The predicted molar refractivity (Wildman–Crippen MR) is 86.8 cm³/mol. The number of hydrogen-bond acceptors (Lipinski definition) is 5. The predicted octanol–water partition coefficient (Wildman–Crippen LogP) is 5.39. The number of benzene rings is 1. The molecule has 0 unspecified atom stereocenters. The van der Waals surface area contributed by atoms with Gasteiger partial charge in [0.1, 0.15) is 4.88 Å². The van der Waals surface area contributed by atoms with Crippen LogP contribution in [0.25, 0.3) is 0 Å². The van der Waals surface area contributed by atoms with Gasteiger partial charge in [0.15, 0.2) is 10.0 Å². The third-order valence-corrected chi connectivity index (χ3v) is 5.39. The van der Waals surface area contributed by atoms with Crippen molar-refractivity contribution >= 4 is 45.0 Å². The summed E-state index contributed by atoms with van der Waals surface area (Å²) in [6.07, 6.45) is -4.69. The molecule has 2 rings (SSSR count). The second-order valence-electron chi connectivity index (χ2n) is 4.29. The lowest BCUT2D eigenvalue weighted by molar-refractivity contribution is -0.141. The molecule has 9 heteroatoms. The normalized spacial score (nSPS) is 11.5. The summed E-state index contributed by atoms with van der Waals surface area (Å²) >= 11 is 5.17. The molecule has 3 nitrogen and oxygen atoms in total. The first-order valence-electron chi connectivity index (χ1n) is 6.43. The molecule has 0 spiro atoms. The Morgan fingerprint density at radius 3 is 2.57 bits per heavy atom. The lowest BCUT2D eigenvalue weighted by Crippen LogP contribution is -2.13. The van der Waals surface area contributed by atoms with Gasteiger partial charge in [-0.15, -0.1) is 11.3 Å². The molecule has 0 saturated heterocycles. The van der Waals surface area contributed by atoms with Crippen LogP contribution in [0.3, 0.4) is 0 Å². The van der Waals surface area contributed by atoms with Crippen LogP contribution in [0.2, 0.25) is 0 Å². The number of esters is 1. The van der Waals surface area contributed by atoms with Crippen LogP contribution in [0.1, 0.15) is 27.9 Å². The number of halogens is 4. The van der Waals surface area contributed by atoms with Crippen molar-refractivity contribution in [3.05, 3.63) is 44.9 Å². The van der Waals surface area contributed by atoms with Crippen LogP contribution < -0.4 is 0 Å². The van der Waals surface area contributed by atoms with Crippen LogP contribution in [0.15, 0.2) is 33.1 Å². The van der Waals surface area contributed by atoms with Crippen molar-refractivity contribution in [2.75, 3.05) is 6.61 Å². The van der Waals surface area contributed by atoms with Gasteiger partial charge in [0.2, 0.25) is 0 Å². The average Bonchev–Trinajstić information content (AvgIpc) is 2.91. The number of hydrogen-bond donors (Lipinski definition) is 0. The van der Waals surface area contributed by atoms with Gasteiger partial charge in [-0.05, 0) is 24.6 Å². The van der Waals surface area contributed by atoms with Crippen molar-refractivity contribution in [3.63, 3.8) is 0 Å². The van der Waals surface area contributed by atoms with Crippen LogP contribution in [0.5, 0.6) is 0 Å². The van der Waals surface area contributed by atoms with E-state index >= 15 is 0 Å². The highest BCUT2D eigenvalue weighted by molar-refractivity contribution is 9.10. The van der Waals surface area contributed by atoms with E-state index in [1.165, 1.54) is 6.92 Å². The summed E-state index contributed by atoms with van der Waals surface area (Å²) < 4.78 is 44.8. The van der Waals surface area contributed by atoms with E-state index in [0.717, 1.165) is 21.8 Å². The zero-order valence-electron chi connectivity index (χ0n) is 11.8. The summed E-state index contributed by atoms with van der Waals surface area (Å²) in [5.74, 6) is -0.534. The Labute approximate surface area is 147 Å². The van der Waals surface area contributed by atoms with Gasteiger partial charge in [-0.3, -0.25) is 0 Å². The molecule has 0 saturated carbocycles. The van der Waals surface area contributed by atoms with Crippen LogP contribution in [-0.2, 0) is 16.7 Å². The number of thiazole rings is 1. The summed E-state index contributed by atoms with van der Waals surface area (Å²) in [7, 11) is 0. The first-order valence-corrected chi connectivity index (χ1v) is 9.03. The maximum atomic E-state index is 13.0. The van der Waals surface area contributed by atoms with E-state index in [1.807, 2.05) is 24.3 Å². The SMILES string of the molecule is CCOC(=O)c1sc(SCc2ccc(Br)cc2)nc1C(F)(F)F. The van der Waals surface area contributed by atoms with Crippen molar-refractivity contribution in [2.24, 2.45) is 0 Å². The molecular weight excluding hydrogens is 415 g/mol. The Morgan fingerprint density at radius 2 is 2.00 bits per heavy atom. The molecular formula is C14H11BrF3NO2S2. The lowest BCUT2D eigenvalue weighted by atomic mass is 10.2. The van der Waals surface area contributed by atoms with Crippen molar-refractivity contribution in [2.45, 2.75) is 23.2 Å². The fraction of sp³-hybridized carbons (Fsp3) is 0.286. The number of nitrogens with zero attached hydrogens (tertiary/aromatic N) is 1. The molecule has 0 bridgehead atoms. The van der Waals surface area contributed by atoms with E-state index < -0.39 is 22.7 Å². The topological polar surface area (TPSA) is 39.2 Å². The van der Waals surface area contributed by atoms with E-state index in [0.29, 0.717) is 17.1 Å². The van der Waals surface area contributed by atoms with Crippen molar-refractivity contribution in [3.8, 4) is 0 Å². The Balaban J connectivity index is 2.19. The number of carbonyl (C=O) groups excluding carboxylic acids is 1. The molecule has 1 aromatic heterocycles. The van der Waals surface area contributed by atoms with Crippen molar-refractivity contribution in [1.29, 1.82) is 0 Å². The molecule has 124 valence electrons. The largest absolute Gasteiger partial charge is 0.462 e. The maximum Gasteiger partial charge on any atom is 0.435 e. The van der Waals surface area contributed by atoms with E-state index in [9.17, 15) is 18.0 Å². The van der Waals surface area contributed by atoms with Gasteiger partial charge in [0, 0.05) is 10.2 Å². The van der Waals surface area contributed by atoms with Gasteiger partial charge >= 0.3 is 12.1 Å². The smallest absolute Gasteiger partial charge is 0.435 e. The maximum absolute atomic E-state index is 13.0. The molecule has 0 amide bonds. The minimum absolute atomic E-state index is 0.00933. The molecule has 0 aliphatic carbocycles. The van der Waals surface area contributed by atoms with Crippen molar-refractivity contribution in [1.82, 2.24) is 4.98 Å². The molecule has 0 fully saturated rings. The first-order chi connectivity index (χ1) is 10.8. The van der Waals surface area contributed by atoms with Crippen LogP contribution in [0, 0.1) is 0 Å². The zero-order chi connectivity index (χ0) is 17.0. The minimum Gasteiger partial charge on any atom is -0.462 e. The number of alkyl halides is 3. The van der Waals surface area contributed by atoms with Gasteiger partial charge in [-0.2, -0.15) is 13.2 Å². The minimum atomic E-state index is -4.69. The van der Waals surface area contributed by atoms with Crippen molar-refractivity contribution < 1.29 is 22.7 Å². The Kier molecular flexibility index (Phi) is 6.10. The molecule has 0 aliphatic heterocycles. The number of ether oxygens (including phenoxy) is 1. The second kappa shape index (κ2) is 7.67. The molecule has 0 N–H and O–H groups in total. The fourth-order valence-electron chi connectivity index (χ4n) is 1.62. The molecule has 0 aliphatic rings. The molecule has 0 radical (unpaired) electrons. The Bertz CT molecular complexity index is 686. The van der Waals surface area contributed by atoms with E-state index in [4.69, 9.17) is 0 Å². The molecule has 1 heterocycles. The Morgan fingerprint density at radius 1 is 1.35 bits per heavy atom. The highest BCUT2D eigenvalue weighted by atomic mass is 79.9. The summed E-state index contributed by atoms with van der Waals surface area (Å²) in [4.78, 5) is 14.7. The summed E-state index contributed by atoms with van der Waals surface area (Å²) in [5, 5.41) is 0. The second-order valence-corrected chi connectivity index (χ2v) is 7.43. The van der Waals surface area contributed by atoms with Gasteiger partial charge in [-0.1, -0.05) is 39.8 Å². The number of aromatic nitrogens is 1. The molecule has 23 heavy (non-hydrogen) atoms. The van der Waals surface area contributed by atoms with Gasteiger partial charge in [0.25, 0.3) is 0 Å². The van der Waals surface area contributed by atoms with E-state index in [2.05, 4.69) is 25.7 Å². The number of carbonyl (C=O) groups is 1. The zero-order valence-corrected chi connectivity index (χ0v) is 15.0. The van der Waals surface area contributed by atoms with Gasteiger partial charge < -0.3 is 4.74 Å². The molecule has 0 atom stereocenters. The Hall–Kier alpha value is -1.06. The van der Waals surface area contributed by atoms with Crippen LogP contribution in [0.4, 0.5) is 13.2 Å².